The first-order chi connectivity index (χ1) is 14.2. The van der Waals surface area contributed by atoms with Crippen molar-refractivity contribution in [2.45, 2.75) is 11.8 Å². The Morgan fingerprint density at radius 2 is 2.03 bits per heavy atom. The monoisotopic (exact) mass is 450 g/mol. The molecule has 0 aliphatic carbocycles. The number of pyridine rings is 1. The topological polar surface area (TPSA) is 116 Å². The van der Waals surface area contributed by atoms with E-state index in [1.54, 1.807) is 13.0 Å². The molecule has 0 atom stereocenters. The fraction of sp³-hybridized carbons (Fsp3) is 0.211. The maximum Gasteiger partial charge on any atom is 0.309 e. The Labute approximate surface area is 176 Å². The summed E-state index contributed by atoms with van der Waals surface area (Å²) in [5, 5.41) is 9.19. The summed E-state index contributed by atoms with van der Waals surface area (Å²) in [6.07, 6.45) is 1.07. The normalized spacial score (nSPS) is 15.2. The number of H-pyrrole nitrogens is 1. The highest BCUT2D eigenvalue weighted by molar-refractivity contribution is 7.89. The van der Waals surface area contributed by atoms with Gasteiger partial charge in [0.05, 0.1) is 17.0 Å². The lowest BCUT2D eigenvalue weighted by Gasteiger charge is -2.35. The molecule has 0 radical (unpaired) electrons. The van der Waals surface area contributed by atoms with Crippen LogP contribution in [0.25, 0.3) is 22.8 Å². The number of aromatic amines is 1. The van der Waals surface area contributed by atoms with Gasteiger partial charge in [-0.2, -0.15) is 4.31 Å². The van der Waals surface area contributed by atoms with E-state index in [0.29, 0.717) is 28.3 Å². The Morgan fingerprint density at radius 1 is 1.30 bits per heavy atom. The summed E-state index contributed by atoms with van der Waals surface area (Å²) >= 11 is 6.29. The molecule has 0 unspecified atom stereocenters. The van der Waals surface area contributed by atoms with Gasteiger partial charge in [-0.1, -0.05) is 17.7 Å². The highest BCUT2D eigenvalue weighted by Crippen LogP contribution is 2.33. The molecule has 156 valence electrons. The number of carbonyl (C=O) groups is 1. The van der Waals surface area contributed by atoms with Crippen molar-refractivity contribution in [1.29, 1.82) is 0 Å². The molecular weight excluding hydrogens is 435 g/mol. The third-order valence-electron chi connectivity index (χ3n) is 4.92. The molecule has 8 nitrogen and oxygen atoms in total. The van der Waals surface area contributed by atoms with Gasteiger partial charge in [0, 0.05) is 18.7 Å². The van der Waals surface area contributed by atoms with E-state index in [1.165, 1.54) is 24.3 Å². The first-order valence-electron chi connectivity index (χ1n) is 8.88. The van der Waals surface area contributed by atoms with Crippen molar-refractivity contribution in [2.75, 3.05) is 13.1 Å². The first-order valence-corrected chi connectivity index (χ1v) is 10.7. The van der Waals surface area contributed by atoms with Gasteiger partial charge in [0.1, 0.15) is 22.4 Å². The number of benzene rings is 1. The molecule has 1 aromatic carbocycles. The molecule has 2 aromatic heterocycles. The van der Waals surface area contributed by atoms with Crippen LogP contribution in [0.4, 0.5) is 4.39 Å². The van der Waals surface area contributed by atoms with Crippen LogP contribution in [0, 0.1) is 18.7 Å². The number of aliphatic carboxylic acids is 1. The Morgan fingerprint density at radius 3 is 2.63 bits per heavy atom. The van der Waals surface area contributed by atoms with E-state index in [2.05, 4.69) is 15.0 Å². The zero-order valence-corrected chi connectivity index (χ0v) is 17.2. The number of nitrogens with one attached hydrogen (secondary N) is 1. The summed E-state index contributed by atoms with van der Waals surface area (Å²) in [4.78, 5) is 22.3. The molecule has 0 bridgehead atoms. The zero-order valence-electron chi connectivity index (χ0n) is 15.6. The van der Waals surface area contributed by atoms with Crippen LogP contribution in [0.15, 0.2) is 41.4 Å². The second-order valence-electron chi connectivity index (χ2n) is 6.94. The number of sulfonamides is 1. The van der Waals surface area contributed by atoms with Gasteiger partial charge in [0.25, 0.3) is 0 Å². The SMILES string of the molecule is Cc1cc(S(=O)(=O)N2CC(C(=O)O)C2)ccc1-c1nc(-c2ccc(F)cn2)[nH]c1Cl. The lowest BCUT2D eigenvalue weighted by atomic mass is 10.0. The van der Waals surface area contributed by atoms with E-state index in [9.17, 15) is 17.6 Å². The van der Waals surface area contributed by atoms with Crippen molar-refractivity contribution in [3.05, 3.63) is 53.1 Å². The Bertz CT molecular complexity index is 1240. The lowest BCUT2D eigenvalue weighted by Crippen LogP contribution is -2.52. The Balaban J connectivity index is 1.63. The molecule has 1 saturated heterocycles. The maximum absolute atomic E-state index is 13.1. The second kappa shape index (κ2) is 7.46. The molecule has 11 heteroatoms. The van der Waals surface area contributed by atoms with Gasteiger partial charge in [-0.05, 0) is 36.8 Å². The summed E-state index contributed by atoms with van der Waals surface area (Å²) in [7, 11) is -3.78. The molecule has 0 saturated carbocycles. The highest BCUT2D eigenvalue weighted by atomic mass is 35.5. The quantitative estimate of drug-likeness (QED) is 0.617. The Kier molecular flexibility index (Phi) is 5.08. The van der Waals surface area contributed by atoms with Gasteiger partial charge in [0.2, 0.25) is 10.0 Å². The average molecular weight is 451 g/mol. The van der Waals surface area contributed by atoms with E-state index in [0.717, 1.165) is 10.5 Å². The number of halogens is 2. The van der Waals surface area contributed by atoms with Gasteiger partial charge >= 0.3 is 5.97 Å². The summed E-state index contributed by atoms with van der Waals surface area (Å²) in [6.45, 7) is 1.64. The number of carboxylic acids is 1. The van der Waals surface area contributed by atoms with Crippen molar-refractivity contribution >= 4 is 27.6 Å². The molecule has 1 fully saturated rings. The summed E-state index contributed by atoms with van der Waals surface area (Å²) in [5.74, 6) is -1.80. The first kappa shape index (κ1) is 20.5. The number of hydrogen-bond acceptors (Lipinski definition) is 5. The summed E-state index contributed by atoms with van der Waals surface area (Å²) < 4.78 is 39.6. The third-order valence-corrected chi connectivity index (χ3v) is 7.02. The van der Waals surface area contributed by atoms with Crippen LogP contribution in [0.1, 0.15) is 5.56 Å². The predicted octanol–water partition coefficient (Wildman–Crippen LogP) is 2.94. The van der Waals surface area contributed by atoms with E-state index in [-0.39, 0.29) is 23.1 Å². The number of rotatable bonds is 5. The second-order valence-corrected chi connectivity index (χ2v) is 9.26. The van der Waals surface area contributed by atoms with Crippen LogP contribution in [0.3, 0.4) is 0 Å². The highest BCUT2D eigenvalue weighted by Gasteiger charge is 2.40. The number of aryl methyl sites for hydroxylation is 1. The van der Waals surface area contributed by atoms with Crippen LogP contribution >= 0.6 is 11.6 Å². The van der Waals surface area contributed by atoms with Crippen LogP contribution in [-0.4, -0.2) is 51.8 Å². The summed E-state index contributed by atoms with van der Waals surface area (Å²) in [5.41, 5.74) is 2.07. The maximum atomic E-state index is 13.1. The minimum Gasteiger partial charge on any atom is -0.481 e. The van der Waals surface area contributed by atoms with E-state index in [1.807, 2.05) is 0 Å². The number of aromatic nitrogens is 3. The Hall–Kier alpha value is -2.82. The molecule has 4 rings (SSSR count). The van der Waals surface area contributed by atoms with Crippen LogP contribution in [0.5, 0.6) is 0 Å². The van der Waals surface area contributed by atoms with Crippen molar-refractivity contribution in [1.82, 2.24) is 19.3 Å². The van der Waals surface area contributed by atoms with E-state index >= 15 is 0 Å². The van der Waals surface area contributed by atoms with Gasteiger partial charge in [-0.3, -0.25) is 4.79 Å². The number of nitrogens with zero attached hydrogens (tertiary/aromatic N) is 3. The number of hydrogen-bond donors (Lipinski definition) is 2. The largest absolute Gasteiger partial charge is 0.481 e. The minimum absolute atomic E-state index is 0.0440. The van der Waals surface area contributed by atoms with Crippen molar-refractivity contribution in [3.63, 3.8) is 0 Å². The molecule has 3 heterocycles. The van der Waals surface area contributed by atoms with Crippen molar-refractivity contribution in [2.24, 2.45) is 5.92 Å². The van der Waals surface area contributed by atoms with Crippen LogP contribution in [-0.2, 0) is 14.8 Å². The molecule has 0 spiro atoms. The van der Waals surface area contributed by atoms with Gasteiger partial charge in [-0.15, -0.1) is 0 Å². The van der Waals surface area contributed by atoms with E-state index < -0.39 is 27.7 Å². The molecule has 2 N–H and O–H groups in total. The van der Waals surface area contributed by atoms with Gasteiger partial charge in [-0.25, -0.2) is 22.8 Å². The molecule has 30 heavy (non-hydrogen) atoms. The number of carboxylic acid groups (broad SMARTS) is 1. The summed E-state index contributed by atoms with van der Waals surface area (Å²) in [6, 6.07) is 7.26. The fourth-order valence-corrected chi connectivity index (χ4v) is 5.02. The van der Waals surface area contributed by atoms with Crippen LogP contribution < -0.4 is 0 Å². The molecular formula is C19H16ClFN4O4S. The lowest BCUT2D eigenvalue weighted by molar-refractivity contribution is -0.145. The van der Waals surface area contributed by atoms with Crippen molar-refractivity contribution in [3.8, 4) is 22.8 Å². The third kappa shape index (κ3) is 3.57. The van der Waals surface area contributed by atoms with Crippen LogP contribution in [0.2, 0.25) is 5.15 Å². The molecule has 1 aliphatic rings. The molecule has 3 aromatic rings. The minimum atomic E-state index is -3.78. The van der Waals surface area contributed by atoms with Gasteiger partial charge < -0.3 is 10.1 Å². The standard InChI is InChI=1S/C19H16ClFN4O4S/c1-10-6-13(30(28,29)25-8-11(9-25)19(26)27)3-4-14(10)16-17(20)24-18(23-16)15-5-2-12(21)7-22-15/h2-7,11H,8-9H2,1H3,(H,23,24)(H,26,27). The smallest absolute Gasteiger partial charge is 0.309 e. The zero-order chi connectivity index (χ0) is 21.6. The molecule has 0 amide bonds. The molecule has 1 aliphatic heterocycles. The van der Waals surface area contributed by atoms with Gasteiger partial charge in [0.15, 0.2) is 5.82 Å². The van der Waals surface area contributed by atoms with E-state index in [4.69, 9.17) is 16.7 Å². The number of imidazole rings is 1. The predicted molar refractivity (Wildman–Crippen MR) is 107 cm³/mol. The fourth-order valence-electron chi connectivity index (χ4n) is 3.17. The van der Waals surface area contributed by atoms with Crippen molar-refractivity contribution < 1.29 is 22.7 Å². The average Bonchev–Trinajstić information content (AvgIpc) is 3.02.